The number of fused-ring (bicyclic) bond motifs is 1. The number of aryl methyl sites for hydroxylation is 2. The molecule has 1 aliphatic rings. The van der Waals surface area contributed by atoms with Crippen molar-refractivity contribution in [2.45, 2.75) is 74.7 Å². The maximum Gasteiger partial charge on any atom is 0.145 e. The first-order valence-corrected chi connectivity index (χ1v) is 15.0. The first kappa shape index (κ1) is 30.8. The van der Waals surface area contributed by atoms with Crippen molar-refractivity contribution in [3.8, 4) is 11.5 Å². The second kappa shape index (κ2) is 14.2. The van der Waals surface area contributed by atoms with Crippen LogP contribution in [0.2, 0.25) is 0 Å². The molecule has 42 heavy (non-hydrogen) atoms. The van der Waals surface area contributed by atoms with Gasteiger partial charge in [0.1, 0.15) is 29.4 Å². The Morgan fingerprint density at radius 1 is 1.07 bits per heavy atom. The van der Waals surface area contributed by atoms with E-state index in [9.17, 15) is 0 Å². The van der Waals surface area contributed by atoms with Crippen LogP contribution in [-0.2, 0) is 0 Å². The quantitative estimate of drug-likeness (QED) is 0.220. The van der Waals surface area contributed by atoms with Gasteiger partial charge in [0.2, 0.25) is 0 Å². The van der Waals surface area contributed by atoms with Gasteiger partial charge in [0, 0.05) is 24.2 Å². The van der Waals surface area contributed by atoms with E-state index in [1.807, 2.05) is 55.4 Å². The van der Waals surface area contributed by atoms with E-state index >= 15 is 0 Å². The summed E-state index contributed by atoms with van der Waals surface area (Å²) in [6.07, 6.45) is 12.5. The summed E-state index contributed by atoms with van der Waals surface area (Å²) < 4.78 is 12.8. The number of benzene rings is 2. The summed E-state index contributed by atoms with van der Waals surface area (Å²) in [7, 11) is 0. The Kier molecular flexibility index (Phi) is 10.4. The van der Waals surface area contributed by atoms with Gasteiger partial charge in [-0.2, -0.15) is 5.10 Å². The van der Waals surface area contributed by atoms with Gasteiger partial charge < -0.3 is 14.8 Å². The molecule has 0 spiro atoms. The van der Waals surface area contributed by atoms with Gasteiger partial charge in [-0.1, -0.05) is 40.2 Å². The molecule has 0 aliphatic carbocycles. The molecule has 0 saturated heterocycles. The zero-order valence-corrected chi connectivity index (χ0v) is 26.4. The van der Waals surface area contributed by atoms with Crippen molar-refractivity contribution in [2.24, 2.45) is 16.9 Å². The monoisotopic (exact) mass is 567 g/mol. The van der Waals surface area contributed by atoms with E-state index in [2.05, 4.69) is 74.1 Å². The predicted molar refractivity (Wildman–Crippen MR) is 174 cm³/mol. The lowest BCUT2D eigenvalue weighted by molar-refractivity contribution is 0.235. The molecular weight excluding hydrogens is 522 g/mol. The standard InChI is InChI=1S/C35H45N5O2/c1-9-23(4)18-24(5)21-41-34-26(7)12-14-30-33(34)35(37-22-36-30)39-28-13-15-32(27(8)19-28)42-29-16-17-40(38-11-3)31(20-29)25(6)10-2/h11-17,19-20,22-24H,9-10,18,21H2,1-8H3,(H,36,37,39)/b31-25?,38-11-. The van der Waals surface area contributed by atoms with Gasteiger partial charge in [-0.25, -0.2) is 15.0 Å². The third-order valence-electron chi connectivity index (χ3n) is 7.75. The zero-order valence-electron chi connectivity index (χ0n) is 26.4. The van der Waals surface area contributed by atoms with Gasteiger partial charge in [0.05, 0.1) is 23.2 Å². The second-order valence-electron chi connectivity index (χ2n) is 11.3. The van der Waals surface area contributed by atoms with Crippen molar-refractivity contribution in [3.05, 3.63) is 83.2 Å². The molecule has 3 aromatic rings. The highest BCUT2D eigenvalue weighted by Gasteiger charge is 2.17. The number of rotatable bonds is 12. The number of nitrogens with zero attached hydrogens (tertiary/aromatic N) is 4. The van der Waals surface area contributed by atoms with Crippen molar-refractivity contribution in [1.29, 1.82) is 0 Å². The number of hydrazone groups is 1. The Bertz CT molecular complexity index is 1520. The second-order valence-corrected chi connectivity index (χ2v) is 11.3. The minimum atomic E-state index is 0.458. The molecule has 7 nitrogen and oxygen atoms in total. The Morgan fingerprint density at radius 2 is 1.88 bits per heavy atom. The lowest BCUT2D eigenvalue weighted by Crippen LogP contribution is -2.15. The van der Waals surface area contributed by atoms with Crippen LogP contribution in [0.25, 0.3) is 10.9 Å². The lowest BCUT2D eigenvalue weighted by Gasteiger charge is -2.23. The van der Waals surface area contributed by atoms with Gasteiger partial charge in [-0.05, 0) is 99.4 Å². The summed E-state index contributed by atoms with van der Waals surface area (Å²) in [5.74, 6) is 4.26. The zero-order chi connectivity index (χ0) is 30.2. The van der Waals surface area contributed by atoms with Gasteiger partial charge in [0.25, 0.3) is 0 Å². The lowest BCUT2D eigenvalue weighted by atomic mass is 9.96. The summed E-state index contributed by atoms with van der Waals surface area (Å²) in [4.78, 5) is 9.15. The van der Waals surface area contributed by atoms with Crippen LogP contribution in [0, 0.1) is 25.7 Å². The highest BCUT2D eigenvalue weighted by Crippen LogP contribution is 2.36. The van der Waals surface area contributed by atoms with Crippen LogP contribution in [0.15, 0.2) is 77.1 Å². The average Bonchev–Trinajstić information content (AvgIpc) is 2.98. The van der Waals surface area contributed by atoms with Crippen LogP contribution in [-0.4, -0.2) is 27.8 Å². The predicted octanol–water partition coefficient (Wildman–Crippen LogP) is 9.22. The maximum atomic E-state index is 6.45. The van der Waals surface area contributed by atoms with E-state index in [1.54, 1.807) is 12.5 Å². The van der Waals surface area contributed by atoms with Crippen molar-refractivity contribution >= 4 is 28.6 Å². The molecule has 0 bridgehead atoms. The molecule has 0 amide bonds. The molecule has 7 heteroatoms. The Morgan fingerprint density at radius 3 is 2.60 bits per heavy atom. The molecule has 4 rings (SSSR count). The van der Waals surface area contributed by atoms with Gasteiger partial charge in [-0.3, -0.25) is 0 Å². The third-order valence-corrected chi connectivity index (χ3v) is 7.75. The van der Waals surface area contributed by atoms with Crippen molar-refractivity contribution < 1.29 is 9.47 Å². The minimum absolute atomic E-state index is 0.458. The fraction of sp³-hybridized carbons (Fsp3) is 0.400. The highest BCUT2D eigenvalue weighted by atomic mass is 16.5. The van der Waals surface area contributed by atoms with Crippen LogP contribution in [0.3, 0.4) is 0 Å². The molecule has 2 aromatic carbocycles. The first-order chi connectivity index (χ1) is 20.2. The number of nitrogens with one attached hydrogen (secondary N) is 1. The fourth-order valence-electron chi connectivity index (χ4n) is 5.02. The third kappa shape index (κ3) is 7.38. The average molecular weight is 568 g/mol. The van der Waals surface area contributed by atoms with E-state index in [1.165, 1.54) is 12.0 Å². The Hall–Kier alpha value is -4.13. The molecule has 1 aliphatic heterocycles. The molecule has 2 atom stereocenters. The highest BCUT2D eigenvalue weighted by molar-refractivity contribution is 5.96. The molecule has 1 aromatic heterocycles. The summed E-state index contributed by atoms with van der Waals surface area (Å²) in [5.41, 5.74) is 6.11. The fourth-order valence-corrected chi connectivity index (χ4v) is 5.02. The van der Waals surface area contributed by atoms with Crippen LogP contribution in [0.5, 0.6) is 11.5 Å². The Balaban J connectivity index is 1.56. The van der Waals surface area contributed by atoms with E-state index in [-0.39, 0.29) is 0 Å². The molecular formula is C35H45N5O2. The van der Waals surface area contributed by atoms with Crippen LogP contribution in [0.1, 0.15) is 71.9 Å². The van der Waals surface area contributed by atoms with Gasteiger partial charge >= 0.3 is 0 Å². The minimum Gasteiger partial charge on any atom is -0.492 e. The number of ether oxygens (including phenoxy) is 2. The smallest absolute Gasteiger partial charge is 0.145 e. The number of anilines is 2. The summed E-state index contributed by atoms with van der Waals surface area (Å²) in [6, 6.07) is 10.2. The van der Waals surface area contributed by atoms with Gasteiger partial charge in [0.15, 0.2) is 0 Å². The molecule has 222 valence electrons. The van der Waals surface area contributed by atoms with E-state index in [0.29, 0.717) is 18.4 Å². The van der Waals surface area contributed by atoms with Crippen LogP contribution in [0.4, 0.5) is 11.5 Å². The molecule has 0 saturated carbocycles. The molecule has 0 radical (unpaired) electrons. The largest absolute Gasteiger partial charge is 0.492 e. The topological polar surface area (TPSA) is 71.9 Å². The van der Waals surface area contributed by atoms with Crippen LogP contribution < -0.4 is 14.8 Å². The maximum absolute atomic E-state index is 6.45. The number of hydrogen-bond donors (Lipinski definition) is 1. The van der Waals surface area contributed by atoms with E-state index < -0.39 is 0 Å². The van der Waals surface area contributed by atoms with Crippen LogP contribution >= 0.6 is 0 Å². The molecule has 2 unspecified atom stereocenters. The van der Waals surface area contributed by atoms with E-state index in [4.69, 9.17) is 9.47 Å². The van der Waals surface area contributed by atoms with Crippen molar-refractivity contribution in [3.63, 3.8) is 0 Å². The summed E-state index contributed by atoms with van der Waals surface area (Å²) in [6.45, 7) is 17.8. The molecule has 2 heterocycles. The molecule has 0 fully saturated rings. The normalized spacial score (nSPS) is 16.0. The SMILES string of the molecule is C/C=N\N1C=CC(Oc2ccc(Nc3ncnc4ccc(C)c(OCC(C)CC(C)CC)c34)cc2C)=CC1=C(C)CC. The Labute approximate surface area is 251 Å². The first-order valence-electron chi connectivity index (χ1n) is 15.0. The van der Waals surface area contributed by atoms with Gasteiger partial charge in [-0.15, -0.1) is 0 Å². The molecule has 1 N–H and O–H groups in total. The number of aromatic nitrogens is 2. The van der Waals surface area contributed by atoms with E-state index in [0.717, 1.165) is 69.3 Å². The summed E-state index contributed by atoms with van der Waals surface area (Å²) in [5, 5.41) is 10.7. The van der Waals surface area contributed by atoms with Crippen molar-refractivity contribution in [2.75, 3.05) is 11.9 Å². The van der Waals surface area contributed by atoms with Crippen molar-refractivity contribution in [1.82, 2.24) is 15.0 Å². The summed E-state index contributed by atoms with van der Waals surface area (Å²) >= 11 is 0. The number of allylic oxidation sites excluding steroid dienone is 3. The number of hydrogen-bond acceptors (Lipinski definition) is 7.